The van der Waals surface area contributed by atoms with Gasteiger partial charge >= 0.3 is 0 Å². The van der Waals surface area contributed by atoms with E-state index in [0.29, 0.717) is 0 Å². The maximum Gasteiger partial charge on any atom is -0.0332 e. The van der Waals surface area contributed by atoms with Crippen LogP contribution in [-0.2, 0) is 0 Å². The van der Waals surface area contributed by atoms with Crippen molar-refractivity contribution in [2.75, 3.05) is 0 Å². The molecule has 60 valence electrons. The summed E-state index contributed by atoms with van der Waals surface area (Å²) in [6.45, 7) is 9.48. The van der Waals surface area contributed by atoms with E-state index in [4.69, 9.17) is 0 Å². The monoisotopic (exact) mass is 140 g/mol. The predicted molar refractivity (Wildman–Crippen MR) is 45.9 cm³/mol. The number of hydrogen-bond acceptors (Lipinski definition) is 0. The molecule has 10 heavy (non-hydrogen) atoms. The maximum atomic E-state index is 2.41. The van der Waals surface area contributed by atoms with E-state index in [0.717, 1.165) is 23.7 Å². The van der Waals surface area contributed by atoms with E-state index < -0.39 is 0 Å². The van der Waals surface area contributed by atoms with Gasteiger partial charge in [-0.15, -0.1) is 0 Å². The third-order valence-corrected chi connectivity index (χ3v) is 3.30. The lowest BCUT2D eigenvalue weighted by atomic mass is 9.98. The highest BCUT2D eigenvalue weighted by Gasteiger charge is 2.45. The SMILES string of the molecule is CCCC(C)C1C(C)C1C. The minimum Gasteiger partial charge on any atom is -0.0654 e. The normalized spacial score (nSPS) is 41.4. The number of hydrogen-bond donors (Lipinski definition) is 0. The molecule has 0 aromatic heterocycles. The molecule has 0 bridgehead atoms. The van der Waals surface area contributed by atoms with Crippen LogP contribution in [0.15, 0.2) is 0 Å². The molecule has 3 unspecified atom stereocenters. The largest absolute Gasteiger partial charge is 0.0654 e. The van der Waals surface area contributed by atoms with Crippen molar-refractivity contribution < 1.29 is 0 Å². The molecule has 1 aliphatic carbocycles. The second-order valence-electron chi connectivity index (χ2n) is 4.06. The Morgan fingerprint density at radius 3 is 2.00 bits per heavy atom. The van der Waals surface area contributed by atoms with Gasteiger partial charge in [-0.25, -0.2) is 0 Å². The third-order valence-electron chi connectivity index (χ3n) is 3.30. The average Bonchev–Trinajstić information content (AvgIpc) is 2.42. The zero-order valence-electron chi connectivity index (χ0n) is 7.72. The highest BCUT2D eigenvalue weighted by atomic mass is 14.5. The van der Waals surface area contributed by atoms with Crippen molar-refractivity contribution in [3.05, 3.63) is 0 Å². The molecule has 0 amide bonds. The molecule has 0 aromatic rings. The molecule has 0 spiro atoms. The Balaban J connectivity index is 2.24. The van der Waals surface area contributed by atoms with Gasteiger partial charge in [0.05, 0.1) is 0 Å². The van der Waals surface area contributed by atoms with Gasteiger partial charge in [-0.1, -0.05) is 40.5 Å². The fourth-order valence-corrected chi connectivity index (χ4v) is 2.39. The van der Waals surface area contributed by atoms with Crippen LogP contribution < -0.4 is 0 Å². The molecule has 0 aromatic carbocycles. The first-order valence-electron chi connectivity index (χ1n) is 4.68. The van der Waals surface area contributed by atoms with E-state index in [1.807, 2.05) is 0 Å². The summed E-state index contributed by atoms with van der Waals surface area (Å²) in [6.07, 6.45) is 2.79. The zero-order valence-corrected chi connectivity index (χ0v) is 7.72. The van der Waals surface area contributed by atoms with Gasteiger partial charge in [0.25, 0.3) is 0 Å². The average molecular weight is 140 g/mol. The van der Waals surface area contributed by atoms with Crippen molar-refractivity contribution in [3.8, 4) is 0 Å². The van der Waals surface area contributed by atoms with Crippen molar-refractivity contribution >= 4 is 0 Å². The van der Waals surface area contributed by atoms with Gasteiger partial charge in [0.15, 0.2) is 0 Å². The molecule has 0 radical (unpaired) electrons. The summed E-state index contributed by atoms with van der Waals surface area (Å²) < 4.78 is 0. The molecule has 0 heteroatoms. The van der Waals surface area contributed by atoms with Gasteiger partial charge < -0.3 is 0 Å². The Labute approximate surface area is 65.0 Å². The summed E-state index contributed by atoms with van der Waals surface area (Å²) in [5, 5.41) is 0. The van der Waals surface area contributed by atoms with E-state index in [-0.39, 0.29) is 0 Å². The van der Waals surface area contributed by atoms with E-state index in [1.165, 1.54) is 12.8 Å². The van der Waals surface area contributed by atoms with Gasteiger partial charge in [-0.05, 0) is 23.7 Å². The Kier molecular flexibility index (Phi) is 2.38. The fraction of sp³-hybridized carbons (Fsp3) is 1.00. The molecule has 0 heterocycles. The summed E-state index contributed by atoms with van der Waals surface area (Å²) in [7, 11) is 0. The van der Waals surface area contributed by atoms with Crippen LogP contribution in [0.1, 0.15) is 40.5 Å². The first-order chi connectivity index (χ1) is 4.68. The third kappa shape index (κ3) is 1.36. The molecule has 1 fully saturated rings. The number of rotatable bonds is 3. The van der Waals surface area contributed by atoms with Gasteiger partial charge in [0.2, 0.25) is 0 Å². The van der Waals surface area contributed by atoms with Crippen molar-refractivity contribution in [1.29, 1.82) is 0 Å². The van der Waals surface area contributed by atoms with Gasteiger partial charge in [0.1, 0.15) is 0 Å². The topological polar surface area (TPSA) is 0 Å². The molecular formula is C10H20. The second-order valence-corrected chi connectivity index (χ2v) is 4.06. The minimum atomic E-state index is 0.981. The summed E-state index contributed by atoms with van der Waals surface area (Å²) in [4.78, 5) is 0. The molecule has 1 rings (SSSR count). The van der Waals surface area contributed by atoms with Gasteiger partial charge in [-0.2, -0.15) is 0 Å². The smallest absolute Gasteiger partial charge is 0.0332 e. The lowest BCUT2D eigenvalue weighted by Crippen LogP contribution is -1.98. The predicted octanol–water partition coefficient (Wildman–Crippen LogP) is 3.32. The summed E-state index contributed by atoms with van der Waals surface area (Å²) in [5.74, 6) is 4.07. The minimum absolute atomic E-state index is 0.981. The molecule has 0 saturated heterocycles. The Morgan fingerprint density at radius 1 is 1.20 bits per heavy atom. The molecule has 0 nitrogen and oxygen atoms in total. The van der Waals surface area contributed by atoms with E-state index in [9.17, 15) is 0 Å². The zero-order chi connectivity index (χ0) is 7.72. The van der Waals surface area contributed by atoms with Crippen molar-refractivity contribution in [1.82, 2.24) is 0 Å². The molecule has 1 saturated carbocycles. The van der Waals surface area contributed by atoms with E-state index >= 15 is 0 Å². The van der Waals surface area contributed by atoms with Crippen LogP contribution in [0.5, 0.6) is 0 Å². The molecule has 0 N–H and O–H groups in total. The van der Waals surface area contributed by atoms with E-state index in [2.05, 4.69) is 27.7 Å². The highest BCUT2D eigenvalue weighted by Crippen LogP contribution is 2.51. The van der Waals surface area contributed by atoms with Crippen LogP contribution in [0.2, 0.25) is 0 Å². The fourth-order valence-electron chi connectivity index (χ4n) is 2.39. The van der Waals surface area contributed by atoms with Gasteiger partial charge in [-0.3, -0.25) is 0 Å². The first kappa shape index (κ1) is 8.10. The molecule has 3 atom stereocenters. The lowest BCUT2D eigenvalue weighted by Gasteiger charge is -2.07. The van der Waals surface area contributed by atoms with Crippen LogP contribution in [0.25, 0.3) is 0 Å². The maximum absolute atomic E-state index is 2.41. The Morgan fingerprint density at radius 2 is 1.70 bits per heavy atom. The molecule has 1 aliphatic rings. The summed E-state index contributed by atoms with van der Waals surface area (Å²) in [6, 6.07) is 0. The van der Waals surface area contributed by atoms with E-state index in [1.54, 1.807) is 0 Å². The molecule has 0 aliphatic heterocycles. The van der Waals surface area contributed by atoms with Crippen molar-refractivity contribution in [2.45, 2.75) is 40.5 Å². The standard InChI is InChI=1S/C10H20/c1-5-6-7(2)10-8(3)9(10)4/h7-10H,5-6H2,1-4H3. The van der Waals surface area contributed by atoms with Gasteiger partial charge in [0, 0.05) is 0 Å². The molecular weight excluding hydrogens is 120 g/mol. The van der Waals surface area contributed by atoms with Crippen molar-refractivity contribution in [2.24, 2.45) is 23.7 Å². The van der Waals surface area contributed by atoms with Crippen molar-refractivity contribution in [3.63, 3.8) is 0 Å². The first-order valence-corrected chi connectivity index (χ1v) is 4.68. The van der Waals surface area contributed by atoms with Crippen LogP contribution in [0.4, 0.5) is 0 Å². The highest BCUT2D eigenvalue weighted by molar-refractivity contribution is 4.93. The quantitative estimate of drug-likeness (QED) is 0.564. The summed E-state index contributed by atoms with van der Waals surface area (Å²) in [5.41, 5.74) is 0. The Bertz CT molecular complexity index is 98.6. The van der Waals surface area contributed by atoms with Crippen LogP contribution in [-0.4, -0.2) is 0 Å². The second kappa shape index (κ2) is 2.94. The summed E-state index contributed by atoms with van der Waals surface area (Å²) >= 11 is 0. The van der Waals surface area contributed by atoms with Crippen LogP contribution in [0.3, 0.4) is 0 Å². The van der Waals surface area contributed by atoms with Crippen LogP contribution in [0, 0.1) is 23.7 Å². The van der Waals surface area contributed by atoms with Crippen LogP contribution >= 0.6 is 0 Å². The Hall–Kier alpha value is 0. The lowest BCUT2D eigenvalue weighted by molar-refractivity contribution is 0.432.